The molecule has 56 heavy (non-hydrogen) atoms. The minimum Gasteiger partial charge on any atom is -0.453 e. The maximum Gasteiger partial charge on any atom is 0.407 e. The lowest BCUT2D eigenvalue weighted by molar-refractivity contribution is -0.136. The van der Waals surface area contributed by atoms with Gasteiger partial charge in [-0.25, -0.2) is 19.6 Å². The van der Waals surface area contributed by atoms with Crippen LogP contribution in [-0.4, -0.2) is 98.9 Å². The van der Waals surface area contributed by atoms with Crippen LogP contribution in [0, 0.1) is 11.8 Å². The molecule has 4 aromatic rings. The number of alkyl carbamates (subject to hydrolysis) is 2. The van der Waals surface area contributed by atoms with Crippen molar-refractivity contribution in [2.45, 2.75) is 78.6 Å². The van der Waals surface area contributed by atoms with Crippen LogP contribution in [0.4, 0.5) is 9.59 Å². The Hall–Kier alpha value is -5.99. The van der Waals surface area contributed by atoms with Crippen LogP contribution in [0.25, 0.3) is 33.6 Å². The lowest BCUT2D eigenvalue weighted by Gasteiger charge is -2.30. The van der Waals surface area contributed by atoms with Gasteiger partial charge in [0.1, 0.15) is 23.7 Å². The smallest absolute Gasteiger partial charge is 0.407 e. The Bertz CT molecular complexity index is 2120. The Morgan fingerprint density at radius 3 is 1.98 bits per heavy atom. The molecule has 3 atom stereocenters. The average Bonchev–Trinajstić information content (AvgIpc) is 4.02. The van der Waals surface area contributed by atoms with E-state index in [-0.39, 0.29) is 42.0 Å². The Balaban J connectivity index is 1.17. The number of rotatable bonds is 13. The summed E-state index contributed by atoms with van der Waals surface area (Å²) in [7, 11) is 2.53. The lowest BCUT2D eigenvalue weighted by Crippen LogP contribution is -2.51. The third kappa shape index (κ3) is 8.02. The van der Waals surface area contributed by atoms with Crippen molar-refractivity contribution < 1.29 is 33.4 Å². The fourth-order valence-electron chi connectivity index (χ4n) is 7.46. The summed E-state index contributed by atoms with van der Waals surface area (Å²) in [4.78, 5) is 84.3. The first-order valence-electron chi connectivity index (χ1n) is 19.1. The molecule has 6 rings (SSSR count). The van der Waals surface area contributed by atoms with E-state index in [1.807, 2.05) is 71.0 Å². The molecular weight excluding hydrogens is 716 g/mol. The highest BCUT2D eigenvalue weighted by Gasteiger charge is 2.38. The number of H-pyrrole nitrogens is 2. The summed E-state index contributed by atoms with van der Waals surface area (Å²) in [5, 5.41) is 5.33. The van der Waals surface area contributed by atoms with Crippen LogP contribution in [-0.2, 0) is 25.6 Å². The normalized spacial score (nSPS) is 15.7. The summed E-state index contributed by atoms with van der Waals surface area (Å²) in [6, 6.07) is 9.74. The number of carbonyl (C=O) groups excluding carboxylic acids is 5. The largest absolute Gasteiger partial charge is 0.453 e. The first-order chi connectivity index (χ1) is 26.8. The molecule has 4 N–H and O–H groups in total. The number of aromatic nitrogens is 4. The average molecular weight is 767 g/mol. The van der Waals surface area contributed by atoms with Gasteiger partial charge in [0.15, 0.2) is 5.78 Å². The van der Waals surface area contributed by atoms with E-state index in [1.165, 1.54) is 14.2 Å². The van der Waals surface area contributed by atoms with Crippen molar-refractivity contribution in [2.24, 2.45) is 11.8 Å². The van der Waals surface area contributed by atoms with Crippen molar-refractivity contribution in [1.29, 1.82) is 0 Å². The zero-order valence-corrected chi connectivity index (χ0v) is 32.9. The molecule has 1 aliphatic carbocycles. The summed E-state index contributed by atoms with van der Waals surface area (Å²) in [5.41, 5.74) is 5.82. The zero-order chi connectivity index (χ0) is 40.3. The van der Waals surface area contributed by atoms with Crippen LogP contribution < -0.4 is 10.6 Å². The van der Waals surface area contributed by atoms with Crippen LogP contribution in [0.2, 0.25) is 0 Å². The van der Waals surface area contributed by atoms with Crippen LogP contribution in [0.5, 0.6) is 0 Å². The zero-order valence-electron chi connectivity index (χ0n) is 32.9. The number of methoxy groups -OCH3 is 2. The first kappa shape index (κ1) is 39.7. The molecule has 0 spiro atoms. The molecule has 1 aliphatic heterocycles. The molecule has 2 aromatic carbocycles. The van der Waals surface area contributed by atoms with Gasteiger partial charge >= 0.3 is 12.2 Å². The van der Waals surface area contributed by atoms with Gasteiger partial charge in [-0.3, -0.25) is 14.4 Å². The summed E-state index contributed by atoms with van der Waals surface area (Å²) in [5.74, 6) is 0.413. The molecule has 4 amide bonds. The van der Waals surface area contributed by atoms with Gasteiger partial charge < -0.3 is 39.9 Å². The van der Waals surface area contributed by atoms with Gasteiger partial charge in [-0.05, 0) is 54.4 Å². The number of hydrogen-bond donors (Lipinski definition) is 4. The Morgan fingerprint density at radius 2 is 1.41 bits per heavy atom. The van der Waals surface area contributed by atoms with Crippen molar-refractivity contribution in [3.8, 4) is 33.6 Å². The van der Waals surface area contributed by atoms with Crippen molar-refractivity contribution >= 4 is 29.8 Å². The predicted octanol–water partition coefficient (Wildman–Crippen LogP) is 5.84. The number of hydrogen-bond acceptors (Lipinski definition) is 9. The maximum absolute atomic E-state index is 13.9. The number of nitrogens with one attached hydrogen (secondary N) is 4. The molecule has 0 saturated carbocycles. The number of carbonyl (C=O) groups is 5. The number of fused-ring (bicyclic) bond motifs is 3. The Kier molecular flexibility index (Phi) is 11.9. The molecule has 1 saturated heterocycles. The van der Waals surface area contributed by atoms with Crippen LogP contribution in [0.1, 0.15) is 87.5 Å². The second kappa shape index (κ2) is 16.8. The number of aromatic amines is 2. The van der Waals surface area contributed by atoms with E-state index in [0.29, 0.717) is 41.6 Å². The minimum absolute atomic E-state index is 0.0962. The van der Waals surface area contributed by atoms with Crippen LogP contribution >= 0.6 is 0 Å². The first-order valence-corrected chi connectivity index (χ1v) is 19.1. The van der Waals surface area contributed by atoms with Crippen molar-refractivity contribution in [2.75, 3.05) is 27.3 Å². The molecular formula is C41H50N8O7. The fourth-order valence-corrected chi connectivity index (χ4v) is 7.46. The minimum atomic E-state index is -0.752. The standard InChI is InChI=1S/C41H50N8O7/c1-8-15-48(38(51)34(22(2)3)46-40(53)55-6)21-33-42-19-30(44-33)24-11-13-26-27-14-12-25(18-29(27)36(50)28(26)17-24)31-20-43-37(45-31)32-10-9-16-49(32)39(52)35(23(4)5)47-41(54)56-7/h11-14,17-20,22-23,32,34-35H,8-10,15-16,21H2,1-7H3,(H,42,44)(H,43,45)(H,46,53)(H,47,54)/t32-,34-,35-/m0/s1. The van der Waals surface area contributed by atoms with Gasteiger partial charge in [-0.1, -0.05) is 58.9 Å². The highest BCUT2D eigenvalue weighted by Crippen LogP contribution is 2.40. The monoisotopic (exact) mass is 766 g/mol. The van der Waals surface area contributed by atoms with Crippen molar-refractivity contribution in [3.63, 3.8) is 0 Å². The number of ether oxygens (including phenoxy) is 2. The SMILES string of the molecule is CCCN(Cc1ncc(-c2ccc3c(c2)C(=O)c2cc(-c4cnc([C@@H]5CCCN5C(=O)[C@@H](NC(=O)OC)C(C)C)[nH]4)ccc2-3)[nH]1)C(=O)[C@@H](NC(=O)OC)C(C)C. The van der Waals surface area contributed by atoms with Crippen LogP contribution in [0.15, 0.2) is 48.8 Å². The highest BCUT2D eigenvalue weighted by molar-refractivity contribution is 6.22. The van der Waals surface area contributed by atoms with Crippen molar-refractivity contribution in [1.82, 2.24) is 40.4 Å². The van der Waals surface area contributed by atoms with Gasteiger partial charge in [0, 0.05) is 35.3 Å². The van der Waals surface area contributed by atoms with Gasteiger partial charge in [0.05, 0.1) is 50.6 Å². The molecule has 15 heteroatoms. The second-order valence-corrected chi connectivity index (χ2v) is 14.9. The number of benzene rings is 2. The maximum atomic E-state index is 13.9. The van der Waals surface area contributed by atoms with Gasteiger partial charge in [0.2, 0.25) is 11.8 Å². The summed E-state index contributed by atoms with van der Waals surface area (Å²) >= 11 is 0. The fraction of sp³-hybridized carbons (Fsp3) is 0.439. The summed E-state index contributed by atoms with van der Waals surface area (Å²) in [6.45, 7) is 10.7. The number of likely N-dealkylation sites (tertiary alicyclic amines) is 1. The molecule has 1 fully saturated rings. The highest BCUT2D eigenvalue weighted by atomic mass is 16.5. The number of ketones is 1. The van der Waals surface area contributed by atoms with Gasteiger partial charge in [0.25, 0.3) is 0 Å². The Morgan fingerprint density at radius 1 is 0.839 bits per heavy atom. The van der Waals surface area contributed by atoms with Gasteiger partial charge in [-0.15, -0.1) is 0 Å². The summed E-state index contributed by atoms with van der Waals surface area (Å²) in [6.07, 6.45) is 4.34. The Labute approximate surface area is 325 Å². The number of imidazole rings is 2. The molecule has 0 radical (unpaired) electrons. The molecule has 296 valence electrons. The molecule has 3 heterocycles. The van der Waals surface area contributed by atoms with E-state index >= 15 is 0 Å². The third-order valence-electron chi connectivity index (χ3n) is 10.4. The quantitative estimate of drug-likeness (QED) is 0.114. The van der Waals surface area contributed by atoms with E-state index in [1.54, 1.807) is 22.2 Å². The van der Waals surface area contributed by atoms with E-state index in [0.717, 1.165) is 47.2 Å². The number of amides is 4. The van der Waals surface area contributed by atoms with E-state index in [4.69, 9.17) is 9.47 Å². The summed E-state index contributed by atoms with van der Waals surface area (Å²) < 4.78 is 9.49. The van der Waals surface area contributed by atoms with Crippen LogP contribution in [0.3, 0.4) is 0 Å². The third-order valence-corrected chi connectivity index (χ3v) is 10.4. The molecule has 2 aromatic heterocycles. The van der Waals surface area contributed by atoms with E-state index in [9.17, 15) is 24.0 Å². The predicted molar refractivity (Wildman–Crippen MR) is 208 cm³/mol. The molecule has 2 aliphatic rings. The van der Waals surface area contributed by atoms with E-state index < -0.39 is 24.3 Å². The van der Waals surface area contributed by atoms with Gasteiger partial charge in [-0.2, -0.15) is 0 Å². The topological polar surface area (TPSA) is 192 Å². The van der Waals surface area contributed by atoms with E-state index in [2.05, 4.69) is 30.6 Å². The number of nitrogens with zero attached hydrogens (tertiary/aromatic N) is 4. The second-order valence-electron chi connectivity index (χ2n) is 14.9. The molecule has 15 nitrogen and oxygen atoms in total. The molecule has 0 bridgehead atoms. The molecule has 0 unspecified atom stereocenters. The lowest BCUT2D eigenvalue weighted by atomic mass is 10.0. The van der Waals surface area contributed by atoms with Crippen molar-refractivity contribution in [3.05, 3.63) is 71.6 Å².